The van der Waals surface area contributed by atoms with Gasteiger partial charge >= 0.3 is 6.18 Å². The number of primary amides is 1. The van der Waals surface area contributed by atoms with E-state index < -0.39 is 68.8 Å². The molecular formula is C27H25F6N5O3. The number of hydrogen-bond donors (Lipinski definition) is 3. The summed E-state index contributed by atoms with van der Waals surface area (Å²) in [4.78, 5) is 41.9. The SMILES string of the molecule is CC1CN(c2cc(F)c(-c3ccc(C(N)=O)c(F)c3F)cc2NC(=O)c2c[nH]c(=O)cc2C(F)(F)F)CC(C)N1C. The Hall–Kier alpha value is -4.33. The van der Waals surface area contributed by atoms with Crippen molar-refractivity contribution in [2.24, 2.45) is 5.73 Å². The fourth-order valence-corrected chi connectivity index (χ4v) is 4.76. The van der Waals surface area contributed by atoms with Gasteiger partial charge in [0, 0.05) is 48.6 Å². The van der Waals surface area contributed by atoms with Gasteiger partial charge in [-0.05, 0) is 39.1 Å². The summed E-state index contributed by atoms with van der Waals surface area (Å²) in [5.74, 6) is -6.78. The molecule has 0 saturated carbocycles. The zero-order chi connectivity index (χ0) is 30.4. The van der Waals surface area contributed by atoms with Gasteiger partial charge in [0.05, 0.1) is 28.1 Å². The number of carbonyl (C=O) groups excluding carboxylic acids is 2. The smallest absolute Gasteiger partial charge is 0.367 e. The lowest BCUT2D eigenvalue weighted by Gasteiger charge is -2.44. The number of nitrogens with two attached hydrogens (primary N) is 1. The first-order chi connectivity index (χ1) is 19.1. The highest BCUT2D eigenvalue weighted by atomic mass is 19.4. The Labute approximate surface area is 229 Å². The summed E-state index contributed by atoms with van der Waals surface area (Å²) in [6.07, 6.45) is -4.45. The third kappa shape index (κ3) is 5.78. The molecule has 41 heavy (non-hydrogen) atoms. The van der Waals surface area contributed by atoms with E-state index in [0.717, 1.165) is 24.3 Å². The molecule has 8 nitrogen and oxygen atoms in total. The molecule has 1 aromatic heterocycles. The monoisotopic (exact) mass is 581 g/mol. The van der Waals surface area contributed by atoms with Gasteiger partial charge in [-0.3, -0.25) is 19.3 Å². The first-order valence-corrected chi connectivity index (χ1v) is 12.3. The van der Waals surface area contributed by atoms with Crippen LogP contribution in [-0.4, -0.2) is 53.9 Å². The number of likely N-dealkylation sites (N-methyl/N-ethyl adjacent to an activating group) is 1. The van der Waals surface area contributed by atoms with E-state index in [1.54, 1.807) is 4.90 Å². The molecule has 0 aliphatic carbocycles. The van der Waals surface area contributed by atoms with Gasteiger partial charge < -0.3 is 20.9 Å². The van der Waals surface area contributed by atoms with Crippen LogP contribution in [0.15, 0.2) is 41.3 Å². The van der Waals surface area contributed by atoms with Gasteiger partial charge in [-0.2, -0.15) is 13.2 Å². The topological polar surface area (TPSA) is 112 Å². The third-order valence-electron chi connectivity index (χ3n) is 7.15. The maximum Gasteiger partial charge on any atom is 0.417 e. The number of nitrogens with one attached hydrogen (secondary N) is 2. The molecule has 3 aromatic rings. The van der Waals surface area contributed by atoms with E-state index in [-0.39, 0.29) is 29.5 Å². The average Bonchev–Trinajstić information content (AvgIpc) is 2.88. The van der Waals surface area contributed by atoms with Crippen LogP contribution in [0, 0.1) is 17.5 Å². The number of amides is 2. The molecule has 4 rings (SSSR count). The van der Waals surface area contributed by atoms with Gasteiger partial charge in [-0.25, -0.2) is 13.2 Å². The van der Waals surface area contributed by atoms with Crippen LogP contribution < -0.4 is 21.5 Å². The summed E-state index contributed by atoms with van der Waals surface area (Å²) in [6, 6.07) is 3.85. The molecule has 0 bridgehead atoms. The average molecular weight is 582 g/mol. The standard InChI is InChI=1S/C27H25F6N5O3/c1-12-10-38(11-13(2)37(12)3)21-8-19(28)16(14-4-5-15(25(34)40)24(30)23(14)29)6-20(21)36-26(41)17-9-35-22(39)7-18(17)27(31,32)33/h4-9,12-13H,10-11H2,1-3H3,(H2,34,40)(H,35,39)(H,36,41). The van der Waals surface area contributed by atoms with E-state index >= 15 is 4.39 Å². The van der Waals surface area contributed by atoms with Crippen LogP contribution in [0.5, 0.6) is 0 Å². The second-order valence-electron chi connectivity index (χ2n) is 9.85. The molecule has 1 saturated heterocycles. The van der Waals surface area contributed by atoms with Gasteiger partial charge in [-0.1, -0.05) is 6.07 Å². The van der Waals surface area contributed by atoms with Gasteiger partial charge in [0.2, 0.25) is 5.56 Å². The van der Waals surface area contributed by atoms with Crippen LogP contribution in [0.3, 0.4) is 0 Å². The summed E-state index contributed by atoms with van der Waals surface area (Å²) in [7, 11) is 1.89. The molecule has 0 radical (unpaired) electrons. The number of pyridine rings is 1. The Morgan fingerprint density at radius 2 is 1.61 bits per heavy atom. The zero-order valence-corrected chi connectivity index (χ0v) is 22.0. The molecule has 2 aromatic carbocycles. The van der Waals surface area contributed by atoms with Crippen LogP contribution in [-0.2, 0) is 6.18 Å². The van der Waals surface area contributed by atoms with E-state index in [0.29, 0.717) is 19.3 Å². The minimum absolute atomic E-state index is 0.0473. The Balaban J connectivity index is 1.88. The number of carbonyl (C=O) groups is 2. The molecule has 4 N–H and O–H groups in total. The van der Waals surface area contributed by atoms with Crippen LogP contribution in [0.25, 0.3) is 11.1 Å². The maximum atomic E-state index is 15.5. The number of hydrogen-bond acceptors (Lipinski definition) is 5. The number of halogens is 6. The number of nitrogens with zero attached hydrogens (tertiary/aromatic N) is 2. The van der Waals surface area contributed by atoms with Crippen molar-refractivity contribution in [3.8, 4) is 11.1 Å². The normalized spacial score (nSPS) is 17.9. The number of alkyl halides is 3. The van der Waals surface area contributed by atoms with Crippen molar-refractivity contribution in [3.63, 3.8) is 0 Å². The molecule has 2 atom stereocenters. The van der Waals surface area contributed by atoms with Crippen molar-refractivity contribution in [1.29, 1.82) is 0 Å². The summed E-state index contributed by atoms with van der Waals surface area (Å²) in [6.45, 7) is 4.48. The fraction of sp³-hybridized carbons (Fsp3) is 0.296. The highest BCUT2D eigenvalue weighted by molar-refractivity contribution is 6.07. The molecule has 1 aliphatic heterocycles. The van der Waals surface area contributed by atoms with Crippen LogP contribution in [0.1, 0.15) is 40.1 Å². The Bertz CT molecular complexity index is 1580. The van der Waals surface area contributed by atoms with Crippen molar-refractivity contribution in [1.82, 2.24) is 9.88 Å². The molecule has 2 heterocycles. The maximum absolute atomic E-state index is 15.5. The Morgan fingerprint density at radius 1 is 0.976 bits per heavy atom. The third-order valence-corrected chi connectivity index (χ3v) is 7.15. The predicted molar refractivity (Wildman–Crippen MR) is 139 cm³/mol. The second-order valence-corrected chi connectivity index (χ2v) is 9.85. The lowest BCUT2D eigenvalue weighted by Crippen LogP contribution is -2.55. The first kappa shape index (κ1) is 29.6. The number of aromatic amines is 1. The molecule has 1 fully saturated rings. The van der Waals surface area contributed by atoms with Crippen molar-refractivity contribution >= 4 is 23.2 Å². The van der Waals surface area contributed by atoms with Gasteiger partial charge in [0.1, 0.15) is 5.82 Å². The summed E-state index contributed by atoms with van der Waals surface area (Å²) in [5.41, 5.74) is -0.505. The van der Waals surface area contributed by atoms with Crippen LogP contribution >= 0.6 is 0 Å². The van der Waals surface area contributed by atoms with Crippen molar-refractivity contribution in [3.05, 3.63) is 81.0 Å². The van der Waals surface area contributed by atoms with Gasteiger partial charge in [0.25, 0.3) is 11.8 Å². The molecular weight excluding hydrogens is 556 g/mol. The second kappa shape index (κ2) is 10.9. The molecule has 2 unspecified atom stereocenters. The van der Waals surface area contributed by atoms with E-state index in [1.165, 1.54) is 0 Å². The lowest BCUT2D eigenvalue weighted by atomic mass is 9.99. The number of anilines is 2. The summed E-state index contributed by atoms with van der Waals surface area (Å²) < 4.78 is 85.9. The highest BCUT2D eigenvalue weighted by Gasteiger charge is 2.36. The molecule has 14 heteroatoms. The number of piperazine rings is 1. The highest BCUT2D eigenvalue weighted by Crippen LogP contribution is 2.38. The fourth-order valence-electron chi connectivity index (χ4n) is 4.76. The molecule has 218 valence electrons. The Morgan fingerprint density at radius 3 is 2.20 bits per heavy atom. The zero-order valence-electron chi connectivity index (χ0n) is 22.0. The minimum Gasteiger partial charge on any atom is -0.367 e. The van der Waals surface area contributed by atoms with Crippen LogP contribution in [0.2, 0.25) is 0 Å². The number of H-pyrrole nitrogens is 1. The predicted octanol–water partition coefficient (Wildman–Crippen LogP) is 4.36. The van der Waals surface area contributed by atoms with Crippen molar-refractivity contribution < 1.29 is 35.9 Å². The van der Waals surface area contributed by atoms with Crippen molar-refractivity contribution in [2.45, 2.75) is 32.1 Å². The van der Waals surface area contributed by atoms with Gasteiger partial charge in [0.15, 0.2) is 11.6 Å². The minimum atomic E-state index is -5.05. The number of benzene rings is 2. The van der Waals surface area contributed by atoms with E-state index in [1.807, 2.05) is 25.9 Å². The van der Waals surface area contributed by atoms with E-state index in [9.17, 15) is 36.3 Å². The van der Waals surface area contributed by atoms with Crippen molar-refractivity contribution in [2.75, 3.05) is 30.4 Å². The molecule has 0 spiro atoms. The first-order valence-electron chi connectivity index (χ1n) is 12.3. The van der Waals surface area contributed by atoms with E-state index in [2.05, 4.69) is 10.2 Å². The number of aromatic nitrogens is 1. The Kier molecular flexibility index (Phi) is 7.89. The number of rotatable bonds is 5. The summed E-state index contributed by atoms with van der Waals surface area (Å²) in [5, 5.41) is 2.32. The van der Waals surface area contributed by atoms with E-state index in [4.69, 9.17) is 5.73 Å². The summed E-state index contributed by atoms with van der Waals surface area (Å²) >= 11 is 0. The largest absolute Gasteiger partial charge is 0.417 e. The van der Waals surface area contributed by atoms with Gasteiger partial charge in [-0.15, -0.1) is 0 Å². The lowest BCUT2D eigenvalue weighted by molar-refractivity contribution is -0.138. The van der Waals surface area contributed by atoms with Crippen LogP contribution in [0.4, 0.5) is 37.7 Å². The molecule has 2 amide bonds. The molecule has 1 aliphatic rings. The quantitative estimate of drug-likeness (QED) is 0.388.